The van der Waals surface area contributed by atoms with Crippen molar-refractivity contribution in [2.24, 2.45) is 5.92 Å². The minimum atomic E-state index is -0.736. The lowest BCUT2D eigenvalue weighted by atomic mass is 10.1. The van der Waals surface area contributed by atoms with E-state index >= 15 is 0 Å². The van der Waals surface area contributed by atoms with Crippen LogP contribution in [0.2, 0.25) is 0 Å². The predicted molar refractivity (Wildman–Crippen MR) is 122 cm³/mol. The molecule has 3 rings (SSSR count). The van der Waals surface area contributed by atoms with E-state index in [2.05, 4.69) is 5.32 Å². The van der Waals surface area contributed by atoms with Crippen molar-refractivity contribution in [3.05, 3.63) is 53.1 Å². The second kappa shape index (κ2) is 9.85. The highest BCUT2D eigenvalue weighted by Gasteiger charge is 2.33. The van der Waals surface area contributed by atoms with Gasteiger partial charge in [0.15, 0.2) is 19.0 Å². The number of ether oxygens (including phenoxy) is 2. The van der Waals surface area contributed by atoms with Crippen molar-refractivity contribution in [2.75, 3.05) is 24.7 Å². The molecule has 0 radical (unpaired) electrons. The smallest absolute Gasteiger partial charge is 0.265 e. The van der Waals surface area contributed by atoms with Gasteiger partial charge in [0, 0.05) is 12.1 Å². The Morgan fingerprint density at radius 2 is 1.88 bits per heavy atom. The standard InChI is InChI=1S/C25H30N2O5/c1-15(2)12-26-25(30)18(5)27-20-11-19(8-9-22(20)32-14-24(27)29)21(28)13-31-23-10-16(3)6-7-17(23)4/h6-11,15,18H,12-14H2,1-5H3,(H,26,30). The van der Waals surface area contributed by atoms with E-state index in [0.717, 1.165) is 11.1 Å². The van der Waals surface area contributed by atoms with Gasteiger partial charge in [0.25, 0.3) is 5.91 Å². The monoisotopic (exact) mass is 438 g/mol. The fraction of sp³-hybridized carbons (Fsp3) is 0.400. The molecule has 1 aliphatic rings. The Balaban J connectivity index is 1.79. The summed E-state index contributed by atoms with van der Waals surface area (Å²) < 4.78 is 11.3. The zero-order valence-electron chi connectivity index (χ0n) is 19.2. The second-order valence-electron chi connectivity index (χ2n) is 8.53. The summed E-state index contributed by atoms with van der Waals surface area (Å²) in [5, 5.41) is 2.86. The van der Waals surface area contributed by atoms with Gasteiger partial charge in [-0.1, -0.05) is 26.0 Å². The van der Waals surface area contributed by atoms with Gasteiger partial charge in [0.2, 0.25) is 5.91 Å². The largest absolute Gasteiger partial charge is 0.485 e. The first-order valence-electron chi connectivity index (χ1n) is 10.8. The molecule has 2 aromatic carbocycles. The molecule has 0 aromatic heterocycles. The van der Waals surface area contributed by atoms with Crippen molar-refractivity contribution >= 4 is 23.3 Å². The Morgan fingerprint density at radius 3 is 2.59 bits per heavy atom. The first-order chi connectivity index (χ1) is 15.2. The number of carbonyl (C=O) groups is 3. The molecule has 7 nitrogen and oxygen atoms in total. The number of ketones is 1. The van der Waals surface area contributed by atoms with E-state index in [4.69, 9.17) is 9.47 Å². The molecule has 2 aromatic rings. The number of aryl methyl sites for hydroxylation is 2. The highest BCUT2D eigenvalue weighted by Crippen LogP contribution is 2.34. The molecule has 7 heteroatoms. The number of carbonyl (C=O) groups excluding carboxylic acids is 3. The van der Waals surface area contributed by atoms with Gasteiger partial charge in [0.1, 0.15) is 17.5 Å². The second-order valence-corrected chi connectivity index (χ2v) is 8.53. The number of hydrogen-bond acceptors (Lipinski definition) is 5. The lowest BCUT2D eigenvalue weighted by Crippen LogP contribution is -2.52. The molecule has 0 saturated carbocycles. The topological polar surface area (TPSA) is 84.9 Å². The van der Waals surface area contributed by atoms with Gasteiger partial charge in [-0.25, -0.2) is 0 Å². The molecule has 32 heavy (non-hydrogen) atoms. The maximum atomic E-state index is 12.8. The number of nitrogens with zero attached hydrogens (tertiary/aromatic N) is 1. The number of hydrogen-bond donors (Lipinski definition) is 1. The predicted octanol–water partition coefficient (Wildman–Crippen LogP) is 3.45. The quantitative estimate of drug-likeness (QED) is 0.638. The third-order valence-corrected chi connectivity index (χ3v) is 5.31. The van der Waals surface area contributed by atoms with E-state index in [9.17, 15) is 14.4 Å². The first-order valence-corrected chi connectivity index (χ1v) is 10.8. The van der Waals surface area contributed by atoms with Gasteiger partial charge in [0.05, 0.1) is 5.69 Å². The van der Waals surface area contributed by atoms with E-state index in [1.807, 2.05) is 45.9 Å². The SMILES string of the molecule is Cc1ccc(C)c(OCC(=O)c2ccc3c(c2)N(C(C)C(=O)NCC(C)C)C(=O)CO3)c1. The maximum Gasteiger partial charge on any atom is 0.265 e. The minimum absolute atomic E-state index is 0.137. The van der Waals surface area contributed by atoms with Crippen molar-refractivity contribution < 1.29 is 23.9 Å². The Kier molecular flexibility index (Phi) is 7.18. The minimum Gasteiger partial charge on any atom is -0.485 e. The summed E-state index contributed by atoms with van der Waals surface area (Å²) in [5.74, 6) is 0.589. The van der Waals surface area contributed by atoms with E-state index in [0.29, 0.717) is 35.2 Å². The molecule has 0 saturated heterocycles. The number of fused-ring (bicyclic) bond motifs is 1. The highest BCUT2D eigenvalue weighted by atomic mass is 16.5. The zero-order chi connectivity index (χ0) is 23.4. The Morgan fingerprint density at radius 1 is 1.12 bits per heavy atom. The van der Waals surface area contributed by atoms with Crippen molar-refractivity contribution in [3.63, 3.8) is 0 Å². The summed E-state index contributed by atoms with van der Waals surface area (Å²) in [6.07, 6.45) is 0. The van der Waals surface area contributed by atoms with E-state index in [-0.39, 0.29) is 30.8 Å². The molecule has 1 aliphatic heterocycles. The van der Waals surface area contributed by atoms with Gasteiger partial charge in [-0.3, -0.25) is 19.3 Å². The Bertz CT molecular complexity index is 1030. The van der Waals surface area contributed by atoms with Crippen molar-refractivity contribution in [1.29, 1.82) is 0 Å². The lowest BCUT2D eigenvalue weighted by molar-refractivity contribution is -0.127. The molecule has 0 bridgehead atoms. The fourth-order valence-corrected chi connectivity index (χ4v) is 3.43. The molecule has 2 amide bonds. The molecule has 1 N–H and O–H groups in total. The summed E-state index contributed by atoms with van der Waals surface area (Å²) in [7, 11) is 0. The van der Waals surface area contributed by atoms with Gasteiger partial charge in [-0.15, -0.1) is 0 Å². The van der Waals surface area contributed by atoms with Gasteiger partial charge >= 0.3 is 0 Å². The van der Waals surface area contributed by atoms with Crippen LogP contribution in [0.1, 0.15) is 42.3 Å². The number of benzene rings is 2. The van der Waals surface area contributed by atoms with Crippen LogP contribution in [-0.2, 0) is 9.59 Å². The average Bonchev–Trinajstić information content (AvgIpc) is 2.76. The van der Waals surface area contributed by atoms with Crippen molar-refractivity contribution in [3.8, 4) is 11.5 Å². The molecule has 170 valence electrons. The van der Waals surface area contributed by atoms with Crippen LogP contribution < -0.4 is 19.7 Å². The van der Waals surface area contributed by atoms with Gasteiger partial charge in [-0.2, -0.15) is 0 Å². The normalized spacial score (nSPS) is 13.9. The van der Waals surface area contributed by atoms with E-state index in [1.54, 1.807) is 25.1 Å². The van der Waals surface area contributed by atoms with Crippen LogP contribution in [-0.4, -0.2) is 43.4 Å². The van der Waals surface area contributed by atoms with Crippen molar-refractivity contribution in [2.45, 2.75) is 40.7 Å². The van der Waals surface area contributed by atoms with Crippen LogP contribution >= 0.6 is 0 Å². The summed E-state index contributed by atoms with van der Waals surface area (Å²) in [6, 6.07) is 9.97. The van der Waals surface area contributed by atoms with Crippen LogP contribution in [0.5, 0.6) is 11.5 Å². The number of amides is 2. The molecule has 0 fully saturated rings. The maximum absolute atomic E-state index is 12.8. The molecular weight excluding hydrogens is 408 g/mol. The van der Waals surface area contributed by atoms with E-state index < -0.39 is 6.04 Å². The molecule has 0 aliphatic carbocycles. The molecule has 0 spiro atoms. The third-order valence-electron chi connectivity index (χ3n) is 5.31. The number of anilines is 1. The van der Waals surface area contributed by atoms with Gasteiger partial charge < -0.3 is 14.8 Å². The molecular formula is C25H30N2O5. The first kappa shape index (κ1) is 23.3. The van der Waals surface area contributed by atoms with Crippen LogP contribution in [0.4, 0.5) is 5.69 Å². The Labute approximate surface area is 188 Å². The van der Waals surface area contributed by atoms with Crippen LogP contribution in [0.15, 0.2) is 36.4 Å². The van der Waals surface area contributed by atoms with Crippen molar-refractivity contribution in [1.82, 2.24) is 5.32 Å². The van der Waals surface area contributed by atoms with Crippen LogP contribution in [0, 0.1) is 19.8 Å². The molecule has 1 heterocycles. The molecule has 1 atom stereocenters. The fourth-order valence-electron chi connectivity index (χ4n) is 3.43. The van der Waals surface area contributed by atoms with Gasteiger partial charge in [-0.05, 0) is 62.1 Å². The number of nitrogens with one attached hydrogen (secondary N) is 1. The zero-order valence-corrected chi connectivity index (χ0v) is 19.2. The number of rotatable bonds is 8. The summed E-state index contributed by atoms with van der Waals surface area (Å²) in [6.45, 7) is 9.77. The lowest BCUT2D eigenvalue weighted by Gasteiger charge is -2.33. The summed E-state index contributed by atoms with van der Waals surface area (Å²) in [5.41, 5.74) is 2.78. The summed E-state index contributed by atoms with van der Waals surface area (Å²) in [4.78, 5) is 39.4. The van der Waals surface area contributed by atoms with E-state index in [1.165, 1.54) is 4.90 Å². The average molecular weight is 439 g/mol. The highest BCUT2D eigenvalue weighted by molar-refractivity contribution is 6.05. The molecule has 1 unspecified atom stereocenters. The summed E-state index contributed by atoms with van der Waals surface area (Å²) >= 11 is 0. The third kappa shape index (κ3) is 5.28. The number of Topliss-reactive ketones (excluding diaryl/α,β-unsaturated/α-hetero) is 1. The van der Waals surface area contributed by atoms with Crippen LogP contribution in [0.25, 0.3) is 0 Å². The Hall–Kier alpha value is -3.35. The van der Waals surface area contributed by atoms with Crippen LogP contribution in [0.3, 0.4) is 0 Å².